The number of aryl methyl sites for hydroxylation is 2. The molecule has 5 nitrogen and oxygen atoms in total. The fourth-order valence-corrected chi connectivity index (χ4v) is 2.17. The largest absolute Gasteiger partial charge is 0.484 e. The zero-order valence-electron chi connectivity index (χ0n) is 12.2. The zero-order valence-corrected chi connectivity index (χ0v) is 13.0. The Morgan fingerprint density at radius 3 is 2.68 bits per heavy atom. The van der Waals surface area contributed by atoms with Crippen molar-refractivity contribution in [2.75, 3.05) is 0 Å². The molecule has 0 unspecified atom stereocenters. The smallest absolute Gasteiger partial charge is 0.264 e. The van der Waals surface area contributed by atoms with E-state index in [1.54, 1.807) is 12.4 Å². The number of benzene rings is 1. The summed E-state index contributed by atoms with van der Waals surface area (Å²) < 4.78 is 10.9. The summed E-state index contributed by atoms with van der Waals surface area (Å²) in [6.07, 6.45) is 3.38. The number of pyridine rings is 1. The second-order valence-corrected chi connectivity index (χ2v) is 5.29. The van der Waals surface area contributed by atoms with Crippen LogP contribution in [0.2, 0.25) is 5.02 Å². The van der Waals surface area contributed by atoms with Crippen LogP contribution in [0.5, 0.6) is 5.75 Å². The van der Waals surface area contributed by atoms with Crippen molar-refractivity contribution in [1.29, 1.82) is 0 Å². The molecule has 0 atom stereocenters. The summed E-state index contributed by atoms with van der Waals surface area (Å²) in [4.78, 5) is 8.32. The maximum absolute atomic E-state index is 6.14. The van der Waals surface area contributed by atoms with Crippen LogP contribution in [0, 0.1) is 13.8 Å². The van der Waals surface area contributed by atoms with Gasteiger partial charge in [0.25, 0.3) is 5.89 Å². The third-order valence-electron chi connectivity index (χ3n) is 3.16. The Bertz CT molecular complexity index is 764. The first-order chi connectivity index (χ1) is 10.6. The minimum absolute atomic E-state index is 0.202. The van der Waals surface area contributed by atoms with Gasteiger partial charge in [0.05, 0.1) is 0 Å². The lowest BCUT2D eigenvalue weighted by atomic mass is 10.1. The van der Waals surface area contributed by atoms with Crippen molar-refractivity contribution in [3.63, 3.8) is 0 Å². The van der Waals surface area contributed by atoms with Crippen LogP contribution < -0.4 is 4.74 Å². The summed E-state index contributed by atoms with van der Waals surface area (Å²) in [6, 6.07) is 7.46. The average molecular weight is 316 g/mol. The van der Waals surface area contributed by atoms with Crippen molar-refractivity contribution in [2.45, 2.75) is 20.5 Å². The van der Waals surface area contributed by atoms with Crippen LogP contribution in [0.1, 0.15) is 17.0 Å². The molecule has 0 fully saturated rings. The van der Waals surface area contributed by atoms with E-state index in [0.29, 0.717) is 11.7 Å². The van der Waals surface area contributed by atoms with Gasteiger partial charge in [0.2, 0.25) is 5.82 Å². The number of nitrogens with zero attached hydrogens (tertiary/aromatic N) is 3. The highest BCUT2D eigenvalue weighted by Crippen LogP contribution is 2.26. The monoisotopic (exact) mass is 315 g/mol. The van der Waals surface area contributed by atoms with Gasteiger partial charge in [-0.25, -0.2) is 0 Å². The van der Waals surface area contributed by atoms with Gasteiger partial charge in [-0.15, -0.1) is 0 Å². The van der Waals surface area contributed by atoms with Crippen LogP contribution in [0.25, 0.3) is 11.4 Å². The molecule has 0 bridgehead atoms. The molecule has 22 heavy (non-hydrogen) atoms. The lowest BCUT2D eigenvalue weighted by Gasteiger charge is -2.08. The predicted octanol–water partition coefficient (Wildman–Crippen LogP) is 3.98. The lowest BCUT2D eigenvalue weighted by Crippen LogP contribution is -1.97. The van der Waals surface area contributed by atoms with Crippen molar-refractivity contribution in [3.05, 3.63) is 58.7 Å². The molecule has 0 aliphatic carbocycles. The predicted molar refractivity (Wildman–Crippen MR) is 82.8 cm³/mol. The molecule has 1 aromatic carbocycles. The standard InChI is InChI=1S/C16H14ClN3O2/c1-10-6-13(7-11(2)15(10)17)21-9-14-19-16(20-22-14)12-4-3-5-18-8-12/h3-8H,9H2,1-2H3. The van der Waals surface area contributed by atoms with Crippen LogP contribution in [-0.4, -0.2) is 15.1 Å². The minimum atomic E-state index is 0.202. The normalized spacial score (nSPS) is 10.7. The molecule has 0 spiro atoms. The van der Waals surface area contributed by atoms with Crippen molar-refractivity contribution in [1.82, 2.24) is 15.1 Å². The van der Waals surface area contributed by atoms with E-state index in [1.165, 1.54) is 0 Å². The van der Waals surface area contributed by atoms with Crippen molar-refractivity contribution in [2.24, 2.45) is 0 Å². The van der Waals surface area contributed by atoms with Gasteiger partial charge in [-0.05, 0) is 49.2 Å². The van der Waals surface area contributed by atoms with E-state index < -0.39 is 0 Å². The van der Waals surface area contributed by atoms with E-state index in [0.717, 1.165) is 27.5 Å². The molecule has 0 N–H and O–H groups in total. The highest BCUT2D eigenvalue weighted by atomic mass is 35.5. The first kappa shape index (κ1) is 14.5. The number of aromatic nitrogens is 3. The quantitative estimate of drug-likeness (QED) is 0.728. The van der Waals surface area contributed by atoms with E-state index in [9.17, 15) is 0 Å². The van der Waals surface area contributed by atoms with Crippen LogP contribution in [-0.2, 0) is 6.61 Å². The van der Waals surface area contributed by atoms with Gasteiger partial charge in [0, 0.05) is 23.0 Å². The SMILES string of the molecule is Cc1cc(OCc2nc(-c3cccnc3)no2)cc(C)c1Cl. The van der Waals surface area contributed by atoms with Gasteiger partial charge in [0.1, 0.15) is 5.75 Å². The lowest BCUT2D eigenvalue weighted by molar-refractivity contribution is 0.242. The molecule has 112 valence electrons. The van der Waals surface area contributed by atoms with Gasteiger partial charge in [-0.2, -0.15) is 4.98 Å². The van der Waals surface area contributed by atoms with E-state index in [1.807, 2.05) is 38.1 Å². The summed E-state index contributed by atoms with van der Waals surface area (Å²) in [7, 11) is 0. The summed E-state index contributed by atoms with van der Waals surface area (Å²) >= 11 is 6.14. The molecule has 0 saturated carbocycles. The molecule has 2 aromatic heterocycles. The van der Waals surface area contributed by atoms with Crippen LogP contribution >= 0.6 is 11.6 Å². The topological polar surface area (TPSA) is 61.0 Å². The van der Waals surface area contributed by atoms with Gasteiger partial charge in [-0.1, -0.05) is 16.8 Å². The third-order valence-corrected chi connectivity index (χ3v) is 3.76. The molecule has 0 aliphatic heterocycles. The Labute approximate surface area is 132 Å². The van der Waals surface area contributed by atoms with Gasteiger partial charge in [0.15, 0.2) is 6.61 Å². The zero-order chi connectivity index (χ0) is 15.5. The van der Waals surface area contributed by atoms with Crippen molar-refractivity contribution < 1.29 is 9.26 Å². The summed E-state index contributed by atoms with van der Waals surface area (Å²) in [6.45, 7) is 4.08. The summed E-state index contributed by atoms with van der Waals surface area (Å²) in [5, 5.41) is 4.67. The molecule has 0 radical (unpaired) electrons. The highest BCUT2D eigenvalue weighted by Gasteiger charge is 2.10. The Hall–Kier alpha value is -2.40. The third kappa shape index (κ3) is 3.09. The van der Waals surface area contributed by atoms with Gasteiger partial charge in [-0.3, -0.25) is 4.98 Å². The molecular weight excluding hydrogens is 302 g/mol. The van der Waals surface area contributed by atoms with E-state index in [-0.39, 0.29) is 6.61 Å². The molecule has 2 heterocycles. The highest BCUT2D eigenvalue weighted by molar-refractivity contribution is 6.32. The minimum Gasteiger partial charge on any atom is -0.484 e. The van der Waals surface area contributed by atoms with Crippen LogP contribution in [0.15, 0.2) is 41.2 Å². The number of halogens is 1. The maximum Gasteiger partial charge on any atom is 0.264 e. The van der Waals surface area contributed by atoms with Crippen molar-refractivity contribution >= 4 is 11.6 Å². The van der Waals surface area contributed by atoms with E-state index in [2.05, 4.69) is 15.1 Å². The van der Waals surface area contributed by atoms with Crippen LogP contribution in [0.4, 0.5) is 0 Å². The van der Waals surface area contributed by atoms with E-state index in [4.69, 9.17) is 20.9 Å². The molecule has 0 saturated heterocycles. The number of rotatable bonds is 4. The second kappa shape index (κ2) is 6.15. The fraction of sp³-hybridized carbons (Fsp3) is 0.188. The molecule has 3 rings (SSSR count). The van der Waals surface area contributed by atoms with E-state index >= 15 is 0 Å². The second-order valence-electron chi connectivity index (χ2n) is 4.91. The van der Waals surface area contributed by atoms with Gasteiger partial charge >= 0.3 is 0 Å². The molecule has 0 aliphatic rings. The Morgan fingerprint density at radius 2 is 2.00 bits per heavy atom. The number of hydrogen-bond acceptors (Lipinski definition) is 5. The molecule has 3 aromatic rings. The van der Waals surface area contributed by atoms with Gasteiger partial charge < -0.3 is 9.26 Å². The Morgan fingerprint density at radius 1 is 1.23 bits per heavy atom. The Balaban J connectivity index is 1.71. The molecule has 6 heteroatoms. The fourth-order valence-electron chi connectivity index (χ4n) is 2.06. The molecular formula is C16H14ClN3O2. The number of ether oxygens (including phenoxy) is 1. The number of hydrogen-bond donors (Lipinski definition) is 0. The first-order valence-electron chi connectivity index (χ1n) is 6.76. The summed E-state index contributed by atoms with van der Waals surface area (Å²) in [5.41, 5.74) is 2.74. The average Bonchev–Trinajstić information content (AvgIpc) is 3.00. The van der Waals surface area contributed by atoms with Crippen LogP contribution in [0.3, 0.4) is 0 Å². The van der Waals surface area contributed by atoms with Crippen molar-refractivity contribution in [3.8, 4) is 17.1 Å². The Kier molecular flexibility index (Phi) is 4.06. The maximum atomic E-state index is 6.14. The molecule has 0 amide bonds. The first-order valence-corrected chi connectivity index (χ1v) is 7.14. The summed E-state index contributed by atoms with van der Waals surface area (Å²) in [5.74, 6) is 1.62.